The van der Waals surface area contributed by atoms with Crippen LogP contribution in [0.2, 0.25) is 0 Å². The Balaban J connectivity index is 1.74. The zero-order chi connectivity index (χ0) is 19.6. The molecule has 27 heavy (non-hydrogen) atoms. The zero-order valence-electron chi connectivity index (χ0n) is 16.5. The van der Waals surface area contributed by atoms with Gasteiger partial charge in [0.2, 0.25) is 0 Å². The Hall–Kier alpha value is -2.69. The van der Waals surface area contributed by atoms with Crippen LogP contribution in [0.5, 0.6) is 17.2 Å². The van der Waals surface area contributed by atoms with Gasteiger partial charge in [0, 0.05) is 18.1 Å². The van der Waals surface area contributed by atoms with Crippen LogP contribution in [-0.4, -0.2) is 24.7 Å². The van der Waals surface area contributed by atoms with Crippen LogP contribution in [0.1, 0.15) is 44.4 Å². The van der Waals surface area contributed by atoms with Gasteiger partial charge < -0.3 is 19.5 Å². The zero-order valence-corrected chi connectivity index (χ0v) is 16.5. The van der Waals surface area contributed by atoms with Crippen LogP contribution in [0.3, 0.4) is 0 Å². The summed E-state index contributed by atoms with van der Waals surface area (Å²) in [6.45, 7) is 7.80. The van der Waals surface area contributed by atoms with Gasteiger partial charge >= 0.3 is 0 Å². The minimum absolute atomic E-state index is 0.147. The first-order valence-electron chi connectivity index (χ1n) is 9.18. The van der Waals surface area contributed by atoms with Crippen molar-refractivity contribution in [3.63, 3.8) is 0 Å². The lowest BCUT2D eigenvalue weighted by atomic mass is 9.89. The largest absolute Gasteiger partial charge is 0.497 e. The van der Waals surface area contributed by atoms with Gasteiger partial charge in [0.15, 0.2) is 6.10 Å². The highest BCUT2D eigenvalue weighted by Crippen LogP contribution is 2.41. The van der Waals surface area contributed by atoms with Crippen molar-refractivity contribution in [2.75, 3.05) is 7.11 Å². The predicted molar refractivity (Wildman–Crippen MR) is 104 cm³/mol. The molecule has 0 fully saturated rings. The van der Waals surface area contributed by atoms with Crippen LogP contribution < -0.4 is 19.5 Å². The topological polar surface area (TPSA) is 56.8 Å². The fourth-order valence-corrected chi connectivity index (χ4v) is 3.25. The third kappa shape index (κ3) is 4.54. The Kier molecular flexibility index (Phi) is 5.31. The van der Waals surface area contributed by atoms with Crippen LogP contribution in [0.4, 0.5) is 0 Å². The van der Waals surface area contributed by atoms with E-state index in [0.717, 1.165) is 22.6 Å². The highest BCUT2D eigenvalue weighted by molar-refractivity contribution is 5.81. The Labute approximate surface area is 160 Å². The number of aryl methyl sites for hydroxylation is 1. The Bertz CT molecular complexity index is 814. The molecule has 1 aliphatic heterocycles. The summed E-state index contributed by atoms with van der Waals surface area (Å²) >= 11 is 0. The smallest absolute Gasteiger partial charge is 0.261 e. The molecule has 1 amide bonds. The molecule has 2 aromatic rings. The van der Waals surface area contributed by atoms with Gasteiger partial charge in [-0.3, -0.25) is 4.79 Å². The lowest BCUT2D eigenvalue weighted by Crippen LogP contribution is -2.44. The fraction of sp³-hybridized carbons (Fsp3) is 0.409. The number of carbonyl (C=O) groups excluding carboxylic acids is 1. The summed E-state index contributed by atoms with van der Waals surface area (Å²) in [6.07, 6.45) is 0.0790. The number of hydrogen-bond acceptors (Lipinski definition) is 4. The highest BCUT2D eigenvalue weighted by Gasteiger charge is 2.35. The summed E-state index contributed by atoms with van der Waals surface area (Å²) in [6, 6.07) is 13.2. The second kappa shape index (κ2) is 7.51. The van der Waals surface area contributed by atoms with Crippen molar-refractivity contribution >= 4 is 5.91 Å². The molecule has 1 N–H and O–H groups in total. The summed E-state index contributed by atoms with van der Waals surface area (Å²) in [5.74, 6) is 2.00. The molecule has 2 atom stereocenters. The van der Waals surface area contributed by atoms with Crippen molar-refractivity contribution in [3.05, 3.63) is 53.6 Å². The standard InChI is InChI=1S/C22H27NO4/c1-14-6-8-16(9-7-14)26-15(2)21(24)23-19-13-22(3,4)27-20-12-17(25-5)10-11-18(19)20/h6-12,15,19H,13H2,1-5H3,(H,23,24)/t15-,19+/m0/s1. The predicted octanol–water partition coefficient (Wildman–Crippen LogP) is 4.19. The van der Waals surface area contributed by atoms with E-state index in [1.165, 1.54) is 0 Å². The van der Waals surface area contributed by atoms with E-state index < -0.39 is 11.7 Å². The van der Waals surface area contributed by atoms with Crippen molar-refractivity contribution in [1.82, 2.24) is 5.32 Å². The minimum Gasteiger partial charge on any atom is -0.497 e. The molecule has 3 rings (SSSR count). The van der Waals surface area contributed by atoms with Crippen LogP contribution in [0, 0.1) is 6.92 Å². The molecule has 1 heterocycles. The molecule has 2 aromatic carbocycles. The first kappa shape index (κ1) is 19.1. The molecule has 0 spiro atoms. The molecule has 5 nitrogen and oxygen atoms in total. The lowest BCUT2D eigenvalue weighted by Gasteiger charge is -2.38. The molecule has 0 radical (unpaired) electrons. The monoisotopic (exact) mass is 369 g/mol. The number of carbonyl (C=O) groups is 1. The maximum Gasteiger partial charge on any atom is 0.261 e. The van der Waals surface area contributed by atoms with Gasteiger partial charge in [0.05, 0.1) is 13.2 Å². The van der Waals surface area contributed by atoms with Crippen molar-refractivity contribution in [2.45, 2.75) is 51.9 Å². The first-order valence-corrected chi connectivity index (χ1v) is 9.18. The molecular weight excluding hydrogens is 342 g/mol. The first-order chi connectivity index (χ1) is 12.8. The summed E-state index contributed by atoms with van der Waals surface area (Å²) < 4.78 is 17.2. The van der Waals surface area contributed by atoms with E-state index >= 15 is 0 Å². The maximum absolute atomic E-state index is 12.7. The molecular formula is C22H27NO4. The molecule has 0 aromatic heterocycles. The molecule has 0 aliphatic carbocycles. The van der Waals surface area contributed by atoms with Gasteiger partial charge in [-0.15, -0.1) is 0 Å². The third-order valence-corrected chi connectivity index (χ3v) is 4.70. The van der Waals surface area contributed by atoms with Crippen LogP contribution in [0.25, 0.3) is 0 Å². The van der Waals surface area contributed by atoms with E-state index in [2.05, 4.69) is 5.32 Å². The Morgan fingerprint density at radius 1 is 1.19 bits per heavy atom. The van der Waals surface area contributed by atoms with Gasteiger partial charge in [-0.05, 0) is 52.0 Å². The number of methoxy groups -OCH3 is 1. The number of fused-ring (bicyclic) bond motifs is 1. The van der Waals surface area contributed by atoms with Gasteiger partial charge in [-0.2, -0.15) is 0 Å². The number of nitrogens with one attached hydrogen (secondary N) is 1. The van der Waals surface area contributed by atoms with E-state index in [9.17, 15) is 4.79 Å². The molecule has 0 bridgehead atoms. The highest BCUT2D eigenvalue weighted by atomic mass is 16.5. The minimum atomic E-state index is -0.597. The van der Waals surface area contributed by atoms with Crippen molar-refractivity contribution in [3.8, 4) is 17.2 Å². The molecule has 1 aliphatic rings. The van der Waals surface area contributed by atoms with Gasteiger partial charge in [0.1, 0.15) is 22.8 Å². The van der Waals surface area contributed by atoms with Crippen molar-refractivity contribution < 1.29 is 19.0 Å². The van der Waals surface area contributed by atoms with Crippen LogP contribution in [-0.2, 0) is 4.79 Å². The lowest BCUT2D eigenvalue weighted by molar-refractivity contribution is -0.128. The average molecular weight is 369 g/mol. The normalized spacial score (nSPS) is 18.6. The number of benzene rings is 2. The Morgan fingerprint density at radius 2 is 1.85 bits per heavy atom. The van der Waals surface area contributed by atoms with E-state index in [4.69, 9.17) is 14.2 Å². The van der Waals surface area contributed by atoms with E-state index in [0.29, 0.717) is 12.2 Å². The van der Waals surface area contributed by atoms with Gasteiger partial charge in [0.25, 0.3) is 5.91 Å². The summed E-state index contributed by atoms with van der Waals surface area (Å²) in [7, 11) is 1.62. The number of ether oxygens (including phenoxy) is 3. The molecule has 0 saturated carbocycles. The fourth-order valence-electron chi connectivity index (χ4n) is 3.25. The second-order valence-electron chi connectivity index (χ2n) is 7.60. The number of hydrogen-bond donors (Lipinski definition) is 1. The third-order valence-electron chi connectivity index (χ3n) is 4.70. The van der Waals surface area contributed by atoms with Gasteiger partial charge in [-0.1, -0.05) is 17.7 Å². The maximum atomic E-state index is 12.7. The SMILES string of the molecule is COc1ccc2c(c1)OC(C)(C)C[C@H]2NC(=O)[C@H](C)Oc1ccc(C)cc1. The number of rotatable bonds is 5. The summed E-state index contributed by atoms with van der Waals surface area (Å²) in [4.78, 5) is 12.7. The van der Waals surface area contributed by atoms with E-state index in [-0.39, 0.29) is 11.9 Å². The van der Waals surface area contributed by atoms with Gasteiger partial charge in [-0.25, -0.2) is 0 Å². The average Bonchev–Trinajstić information content (AvgIpc) is 2.62. The molecule has 5 heteroatoms. The van der Waals surface area contributed by atoms with Crippen LogP contribution in [0.15, 0.2) is 42.5 Å². The summed E-state index contributed by atoms with van der Waals surface area (Å²) in [5.41, 5.74) is 1.71. The van der Waals surface area contributed by atoms with Crippen LogP contribution >= 0.6 is 0 Å². The molecule has 0 unspecified atom stereocenters. The number of amides is 1. The van der Waals surface area contributed by atoms with E-state index in [1.807, 2.05) is 63.2 Å². The van der Waals surface area contributed by atoms with Crippen molar-refractivity contribution in [1.29, 1.82) is 0 Å². The molecule has 144 valence electrons. The second-order valence-corrected chi connectivity index (χ2v) is 7.60. The summed E-state index contributed by atoms with van der Waals surface area (Å²) in [5, 5.41) is 3.11. The quantitative estimate of drug-likeness (QED) is 0.859. The molecule has 0 saturated heterocycles. The van der Waals surface area contributed by atoms with E-state index in [1.54, 1.807) is 14.0 Å². The van der Waals surface area contributed by atoms with Crippen molar-refractivity contribution in [2.24, 2.45) is 0 Å². The Morgan fingerprint density at radius 3 is 2.52 bits per heavy atom.